The van der Waals surface area contributed by atoms with Crippen LogP contribution >= 0.6 is 24.0 Å². The molecule has 0 radical (unpaired) electrons. The summed E-state index contributed by atoms with van der Waals surface area (Å²) in [6.45, 7) is 4.34. The summed E-state index contributed by atoms with van der Waals surface area (Å²) in [5.41, 5.74) is 0.604. The maximum Gasteiger partial charge on any atom is 0.387 e. The first-order valence-corrected chi connectivity index (χ1v) is 10.6. The normalized spacial score (nSPS) is 16.5. The first-order chi connectivity index (χ1) is 14.1. The van der Waals surface area contributed by atoms with Crippen molar-refractivity contribution in [3.63, 3.8) is 0 Å². The van der Waals surface area contributed by atoms with E-state index in [1.165, 1.54) is 50.9 Å². The Morgan fingerprint density at radius 1 is 1.13 bits per heavy atom. The van der Waals surface area contributed by atoms with Gasteiger partial charge in [-0.05, 0) is 63.5 Å². The Labute approximate surface area is 195 Å². The highest BCUT2D eigenvalue weighted by Gasteiger charge is 2.10. The van der Waals surface area contributed by atoms with Gasteiger partial charge in [0.05, 0.1) is 12.6 Å². The van der Waals surface area contributed by atoms with Gasteiger partial charge in [0.2, 0.25) is 0 Å². The van der Waals surface area contributed by atoms with E-state index < -0.39 is 12.7 Å². The van der Waals surface area contributed by atoms with Gasteiger partial charge in [-0.25, -0.2) is 0 Å². The van der Waals surface area contributed by atoms with Crippen molar-refractivity contribution in [2.75, 3.05) is 39.3 Å². The lowest BCUT2D eigenvalue weighted by Gasteiger charge is -2.20. The minimum Gasteiger partial charge on any atom is -0.435 e. The Morgan fingerprint density at radius 2 is 1.80 bits per heavy atom. The lowest BCUT2D eigenvalue weighted by Crippen LogP contribution is -2.39. The van der Waals surface area contributed by atoms with Gasteiger partial charge in [-0.15, -0.1) is 24.0 Å². The Bertz CT molecular complexity index is 597. The number of hydrogen-bond donors (Lipinski definition) is 3. The Kier molecular flexibility index (Phi) is 13.9. The fraction of sp³-hybridized carbons (Fsp3) is 0.667. The van der Waals surface area contributed by atoms with Gasteiger partial charge in [0.15, 0.2) is 5.96 Å². The minimum atomic E-state index is -2.86. The van der Waals surface area contributed by atoms with Gasteiger partial charge in [0.1, 0.15) is 5.75 Å². The van der Waals surface area contributed by atoms with Gasteiger partial charge < -0.3 is 25.4 Å². The minimum absolute atomic E-state index is 0. The molecule has 30 heavy (non-hydrogen) atoms. The number of nitrogens with one attached hydrogen (secondary N) is 2. The number of alkyl halides is 2. The van der Waals surface area contributed by atoms with Crippen molar-refractivity contribution in [2.24, 2.45) is 4.99 Å². The number of benzene rings is 1. The molecular formula is C21H35F2IN4O2. The summed E-state index contributed by atoms with van der Waals surface area (Å²) in [5.74, 6) is 0.735. The standard InChI is InChI=1S/C21H34F2N4O2.HI/c1-2-24-21(25-12-7-15-27-13-5-3-4-6-14-27)26-16-19(28)17-8-10-18(11-9-17)29-20(22)23;/h8-11,19-20,28H,2-7,12-16H2,1H3,(H2,24,25,26);1H. The number of likely N-dealkylation sites (tertiary alicyclic amines) is 1. The van der Waals surface area contributed by atoms with Gasteiger partial charge in [0.25, 0.3) is 0 Å². The number of aliphatic imine (C=N–C) groups is 1. The van der Waals surface area contributed by atoms with Crippen LogP contribution in [0.15, 0.2) is 29.3 Å². The molecule has 172 valence electrons. The fourth-order valence-electron chi connectivity index (χ4n) is 3.37. The van der Waals surface area contributed by atoms with Crippen molar-refractivity contribution in [3.8, 4) is 5.75 Å². The molecule has 0 saturated carbocycles. The van der Waals surface area contributed by atoms with E-state index in [1.54, 1.807) is 12.1 Å². The third-order valence-electron chi connectivity index (χ3n) is 4.90. The van der Waals surface area contributed by atoms with Crippen molar-refractivity contribution in [2.45, 2.75) is 51.7 Å². The topological polar surface area (TPSA) is 69.1 Å². The fourth-order valence-corrected chi connectivity index (χ4v) is 3.37. The Morgan fingerprint density at radius 3 is 2.40 bits per heavy atom. The van der Waals surface area contributed by atoms with Crippen LogP contribution in [0.2, 0.25) is 0 Å². The van der Waals surface area contributed by atoms with Crippen LogP contribution in [0, 0.1) is 0 Å². The SMILES string of the molecule is CCNC(=NCC(O)c1ccc(OC(F)F)cc1)NCCCN1CCCCCC1.I. The van der Waals surface area contributed by atoms with E-state index in [9.17, 15) is 13.9 Å². The van der Waals surface area contributed by atoms with Crippen molar-refractivity contribution in [3.05, 3.63) is 29.8 Å². The number of rotatable bonds is 10. The monoisotopic (exact) mass is 540 g/mol. The van der Waals surface area contributed by atoms with Crippen LogP contribution < -0.4 is 15.4 Å². The van der Waals surface area contributed by atoms with E-state index in [0.717, 1.165) is 26.1 Å². The number of aliphatic hydroxyl groups excluding tert-OH is 1. The Hall–Kier alpha value is -1.20. The van der Waals surface area contributed by atoms with Crippen LogP contribution in [0.3, 0.4) is 0 Å². The molecule has 1 aliphatic rings. The van der Waals surface area contributed by atoms with E-state index in [2.05, 4.69) is 25.3 Å². The first-order valence-electron chi connectivity index (χ1n) is 10.6. The van der Waals surface area contributed by atoms with Crippen LogP contribution in [0.25, 0.3) is 0 Å². The number of nitrogens with zero attached hydrogens (tertiary/aromatic N) is 2. The molecule has 0 bridgehead atoms. The zero-order valence-electron chi connectivity index (χ0n) is 17.7. The second kappa shape index (κ2) is 15.6. The maximum absolute atomic E-state index is 12.2. The smallest absolute Gasteiger partial charge is 0.387 e. The summed E-state index contributed by atoms with van der Waals surface area (Å²) >= 11 is 0. The number of halogens is 3. The van der Waals surface area contributed by atoms with Crippen LogP contribution in [-0.4, -0.2) is 61.8 Å². The summed E-state index contributed by atoms with van der Waals surface area (Å²) < 4.78 is 28.7. The van der Waals surface area contributed by atoms with Gasteiger partial charge in [0, 0.05) is 13.1 Å². The number of aliphatic hydroxyl groups is 1. The largest absolute Gasteiger partial charge is 0.435 e. The molecule has 1 heterocycles. The van der Waals surface area contributed by atoms with Crippen molar-refractivity contribution in [1.29, 1.82) is 0 Å². The van der Waals surface area contributed by atoms with E-state index in [0.29, 0.717) is 11.5 Å². The van der Waals surface area contributed by atoms with Crippen molar-refractivity contribution in [1.82, 2.24) is 15.5 Å². The molecule has 2 rings (SSSR count). The predicted octanol–water partition coefficient (Wildman–Crippen LogP) is 3.76. The second-order valence-electron chi connectivity index (χ2n) is 7.22. The quantitative estimate of drug-likeness (QED) is 0.183. The molecule has 1 unspecified atom stereocenters. The predicted molar refractivity (Wildman–Crippen MR) is 127 cm³/mol. The second-order valence-corrected chi connectivity index (χ2v) is 7.22. The molecule has 0 aromatic heterocycles. The third-order valence-corrected chi connectivity index (χ3v) is 4.90. The molecule has 1 aromatic rings. The van der Waals surface area contributed by atoms with Crippen molar-refractivity contribution < 1.29 is 18.6 Å². The van der Waals surface area contributed by atoms with Crippen LogP contribution in [0.4, 0.5) is 8.78 Å². The number of guanidine groups is 1. The molecule has 0 amide bonds. The van der Waals surface area contributed by atoms with Crippen molar-refractivity contribution >= 4 is 29.9 Å². The van der Waals surface area contributed by atoms with Crippen LogP contribution in [0.5, 0.6) is 5.75 Å². The number of ether oxygens (including phenoxy) is 1. The lowest BCUT2D eigenvalue weighted by atomic mass is 10.1. The summed E-state index contributed by atoms with van der Waals surface area (Å²) in [6.07, 6.45) is 5.50. The van der Waals surface area contributed by atoms with Gasteiger partial charge >= 0.3 is 6.61 Å². The summed E-state index contributed by atoms with van der Waals surface area (Å²) in [5, 5.41) is 16.8. The summed E-state index contributed by atoms with van der Waals surface area (Å²) in [6, 6.07) is 5.97. The average molecular weight is 540 g/mol. The molecule has 0 aliphatic carbocycles. The Balaban J connectivity index is 0.00000450. The molecule has 1 atom stereocenters. The van der Waals surface area contributed by atoms with Gasteiger partial charge in [-0.3, -0.25) is 4.99 Å². The van der Waals surface area contributed by atoms with E-state index in [-0.39, 0.29) is 36.3 Å². The molecule has 1 fully saturated rings. The zero-order chi connectivity index (χ0) is 20.9. The van der Waals surface area contributed by atoms with Crippen LogP contribution in [0.1, 0.15) is 50.7 Å². The van der Waals surface area contributed by atoms with E-state index in [4.69, 9.17) is 0 Å². The average Bonchev–Trinajstić information content (AvgIpc) is 2.98. The number of hydrogen-bond acceptors (Lipinski definition) is 4. The highest BCUT2D eigenvalue weighted by atomic mass is 127. The molecule has 6 nitrogen and oxygen atoms in total. The highest BCUT2D eigenvalue weighted by molar-refractivity contribution is 14.0. The highest BCUT2D eigenvalue weighted by Crippen LogP contribution is 2.19. The molecular weight excluding hydrogens is 505 g/mol. The van der Waals surface area contributed by atoms with E-state index >= 15 is 0 Å². The van der Waals surface area contributed by atoms with E-state index in [1.807, 2.05) is 6.92 Å². The van der Waals surface area contributed by atoms with Gasteiger partial charge in [-0.1, -0.05) is 25.0 Å². The maximum atomic E-state index is 12.2. The lowest BCUT2D eigenvalue weighted by molar-refractivity contribution is -0.0498. The molecule has 1 aliphatic heterocycles. The molecule has 3 N–H and O–H groups in total. The molecule has 9 heteroatoms. The molecule has 0 spiro atoms. The van der Waals surface area contributed by atoms with Gasteiger partial charge in [-0.2, -0.15) is 8.78 Å². The summed E-state index contributed by atoms with van der Waals surface area (Å²) in [4.78, 5) is 6.97. The van der Waals surface area contributed by atoms with Crippen LogP contribution in [-0.2, 0) is 0 Å². The first kappa shape index (κ1) is 26.8. The zero-order valence-corrected chi connectivity index (χ0v) is 20.0. The summed E-state index contributed by atoms with van der Waals surface area (Å²) in [7, 11) is 0. The molecule has 1 saturated heterocycles. The molecule has 1 aromatic carbocycles. The third kappa shape index (κ3) is 10.7.